The Morgan fingerprint density at radius 2 is 0.531 bits per heavy atom. The molecule has 6 rings (SSSR count). The fourth-order valence-corrected chi connectivity index (χ4v) is 2.09. The Balaban J connectivity index is -0.0000000458. The first-order valence-electron chi connectivity index (χ1n) is 32.7. The van der Waals surface area contributed by atoms with Gasteiger partial charge in [0.2, 0.25) is 0 Å². The van der Waals surface area contributed by atoms with Crippen molar-refractivity contribution in [2.24, 2.45) is 65.0 Å². The number of thiophene rings is 1. The van der Waals surface area contributed by atoms with Crippen molar-refractivity contribution in [3.05, 3.63) is 127 Å². The average Bonchev–Trinajstić information content (AvgIpc) is 4.09. The van der Waals surface area contributed by atoms with Crippen LogP contribution in [0, 0.1) is 65.0 Å². The molecule has 584 valence electrons. The quantitative estimate of drug-likeness (QED) is 0.161. The number of aromatic nitrogens is 6. The number of nitrogens with zero attached hydrogens (tertiary/aromatic N) is 5. The summed E-state index contributed by atoms with van der Waals surface area (Å²) in [4.78, 5) is 17.5. The minimum atomic E-state index is 0. The zero-order valence-corrected chi connectivity index (χ0v) is 72.1. The number of thiazole rings is 1. The van der Waals surface area contributed by atoms with Crippen LogP contribution in [0.3, 0.4) is 0 Å². The lowest BCUT2D eigenvalue weighted by atomic mass is 10.0. The fraction of sp³-hybridized carbons (Fsp3) is 0.756. The molecule has 0 amide bonds. The molecule has 0 spiro atoms. The van der Waals surface area contributed by atoms with Crippen LogP contribution in [-0.4, -0.2) is 30.1 Å². The third-order valence-corrected chi connectivity index (χ3v) is 3.59. The van der Waals surface area contributed by atoms with Crippen LogP contribution in [0.15, 0.2) is 136 Å². The van der Waals surface area contributed by atoms with Crippen LogP contribution in [0.25, 0.3) is 0 Å². The smallest absolute Gasteiger partial charge is 0.180 e. The first-order valence-corrected chi connectivity index (χ1v) is 34.6. The Morgan fingerprint density at radius 1 is 0.250 bits per heavy atom. The van der Waals surface area contributed by atoms with Crippen LogP contribution in [0.4, 0.5) is 0 Å². The summed E-state index contributed by atoms with van der Waals surface area (Å²) in [6.07, 6.45) is 17.9. The van der Waals surface area contributed by atoms with Gasteiger partial charge >= 0.3 is 0 Å². The average molecular weight is 1400 g/mol. The molecule has 0 unspecified atom stereocenters. The maximum absolute atomic E-state index is 4.47. The Hall–Kier alpha value is -3.89. The molecule has 0 saturated carbocycles. The number of imidazole rings is 1. The molecule has 0 atom stereocenters. The van der Waals surface area contributed by atoms with Gasteiger partial charge in [-0.05, 0) is 93.9 Å². The molecular formula is C86H186N6O2S2. The number of pyridine rings is 1. The van der Waals surface area contributed by atoms with Gasteiger partial charge in [0.1, 0.15) is 12.5 Å². The monoisotopic (exact) mass is 1400 g/mol. The summed E-state index contributed by atoms with van der Waals surface area (Å²) in [5.41, 5.74) is 7.79. The summed E-state index contributed by atoms with van der Waals surface area (Å²) < 4.78 is 8.81. The van der Waals surface area contributed by atoms with Crippen molar-refractivity contribution in [1.82, 2.24) is 30.1 Å². The normalized spacial score (nSPS) is 10.1. The molecule has 6 aromatic rings. The predicted octanol–water partition coefficient (Wildman–Crippen LogP) is 33.5. The number of nitrogens with one attached hydrogen (secondary N) is 1. The molecule has 0 aliphatic heterocycles. The van der Waals surface area contributed by atoms with Gasteiger partial charge in [-0.2, -0.15) is 11.3 Å². The molecule has 0 saturated heterocycles. The molecule has 96 heavy (non-hydrogen) atoms. The highest BCUT2D eigenvalue weighted by atomic mass is 32.1. The summed E-state index contributed by atoms with van der Waals surface area (Å²) in [5, 5.41) is 9.36. The van der Waals surface area contributed by atoms with Crippen LogP contribution < -0.4 is 0 Å². The number of H-pyrrole nitrogens is 1. The van der Waals surface area contributed by atoms with E-state index in [1.54, 1.807) is 84.0 Å². The Morgan fingerprint density at radius 3 is 0.594 bits per heavy atom. The molecule has 0 bridgehead atoms. The summed E-state index contributed by atoms with van der Waals surface area (Å²) in [5.74, 6) is 0. The van der Waals surface area contributed by atoms with E-state index in [9.17, 15) is 0 Å². The number of hydrogen-bond acceptors (Lipinski definition) is 9. The number of oxazole rings is 1. The van der Waals surface area contributed by atoms with Crippen molar-refractivity contribution in [2.75, 3.05) is 0 Å². The maximum Gasteiger partial charge on any atom is 0.180 e. The summed E-state index contributed by atoms with van der Waals surface area (Å²) >= 11 is 3.31. The van der Waals surface area contributed by atoms with Crippen LogP contribution in [0.1, 0.15) is 369 Å². The molecule has 0 radical (unpaired) electrons. The lowest BCUT2D eigenvalue weighted by Gasteiger charge is -2.05. The third-order valence-electron chi connectivity index (χ3n) is 2.44. The minimum Gasteiger partial charge on any atom is -0.452 e. The standard InChI is InChI=1S/C5H5N.12C5H12.C4H4S.C3H4N2.2C3H3NO.C3H3NS.5CH4/c1-2-4-6-5-3-1;12*1-5(2,3)4;1-2-4-5-3-1;2*1-2-5-3-4-1;1-2-4-5-3-1;1-2-5-3-4-1;;;;;/h1-5H;12*1-4H3;1-4H;1-3H,(H,4,5);3*1-3H;5*1H4. The van der Waals surface area contributed by atoms with Crippen molar-refractivity contribution in [1.29, 1.82) is 0 Å². The fourth-order valence-electron chi connectivity index (χ4n) is 1.28. The molecule has 0 aromatic carbocycles. The zero-order valence-electron chi connectivity index (χ0n) is 70.5. The number of aromatic amines is 1. The number of hydrogen-bond donors (Lipinski definition) is 1. The molecule has 0 aliphatic carbocycles. The van der Waals surface area contributed by atoms with Crippen molar-refractivity contribution in [3.8, 4) is 0 Å². The van der Waals surface area contributed by atoms with Gasteiger partial charge in [-0.3, -0.25) is 9.97 Å². The maximum atomic E-state index is 4.47. The van der Waals surface area contributed by atoms with E-state index in [2.05, 4.69) is 371 Å². The topological polar surface area (TPSA) is 107 Å². The van der Waals surface area contributed by atoms with Crippen LogP contribution in [0.5, 0.6) is 0 Å². The van der Waals surface area contributed by atoms with Gasteiger partial charge in [0.15, 0.2) is 6.39 Å². The van der Waals surface area contributed by atoms with E-state index in [0.717, 1.165) is 0 Å². The van der Waals surface area contributed by atoms with E-state index in [0.29, 0.717) is 65.0 Å². The van der Waals surface area contributed by atoms with E-state index >= 15 is 0 Å². The molecular weight excluding hydrogens is 1210 g/mol. The van der Waals surface area contributed by atoms with Crippen molar-refractivity contribution in [3.63, 3.8) is 0 Å². The second kappa shape index (κ2) is 75.3. The van der Waals surface area contributed by atoms with E-state index in [1.807, 2.05) is 46.5 Å². The van der Waals surface area contributed by atoms with E-state index in [-0.39, 0.29) is 37.1 Å². The summed E-state index contributed by atoms with van der Waals surface area (Å²) in [6.45, 7) is 105. The Labute approximate surface area is 619 Å². The largest absolute Gasteiger partial charge is 0.452 e. The van der Waals surface area contributed by atoms with Crippen LogP contribution >= 0.6 is 22.7 Å². The van der Waals surface area contributed by atoms with Gasteiger partial charge in [-0.1, -0.05) is 393 Å². The van der Waals surface area contributed by atoms with Gasteiger partial charge in [-0.15, -0.1) is 11.3 Å². The summed E-state index contributed by atoms with van der Waals surface area (Å²) in [7, 11) is 0. The minimum absolute atomic E-state index is 0. The Bertz CT molecular complexity index is 1430. The van der Waals surface area contributed by atoms with Crippen molar-refractivity contribution >= 4 is 22.7 Å². The second-order valence-corrected chi connectivity index (χ2v) is 42.2. The molecule has 6 heterocycles. The van der Waals surface area contributed by atoms with E-state index in [1.165, 1.54) is 18.9 Å². The molecule has 0 aliphatic rings. The summed E-state index contributed by atoms with van der Waals surface area (Å²) in [6, 6.07) is 11.5. The highest BCUT2D eigenvalue weighted by Gasteiger charge is 2.00. The molecule has 10 heteroatoms. The van der Waals surface area contributed by atoms with E-state index in [4.69, 9.17) is 0 Å². The molecule has 0 fully saturated rings. The van der Waals surface area contributed by atoms with Crippen LogP contribution in [0.2, 0.25) is 0 Å². The molecule has 1 N–H and O–H groups in total. The third kappa shape index (κ3) is 974. The lowest BCUT2D eigenvalue weighted by molar-refractivity contribution is 0.420. The SMILES string of the molecule is C.C.C.C.C.CC(C)(C)C.CC(C)(C)C.CC(C)(C)C.CC(C)(C)C.CC(C)(C)C.CC(C)(C)C.CC(C)(C)C.CC(C)(C)C.CC(C)(C)C.CC(C)(C)C.CC(C)(C)C.CC(C)(C)C.c1c[nH]cn1.c1ccncc1.c1ccsc1.c1cnoc1.c1cocn1.c1cscn1. The predicted molar refractivity (Wildman–Crippen MR) is 457 cm³/mol. The highest BCUT2D eigenvalue weighted by Crippen LogP contribution is 2.13. The molecule has 8 nitrogen and oxygen atoms in total. The van der Waals surface area contributed by atoms with Crippen molar-refractivity contribution < 1.29 is 8.94 Å². The first-order chi connectivity index (χ1) is 39.5. The van der Waals surface area contributed by atoms with Gasteiger partial charge < -0.3 is 13.9 Å². The molecule has 6 aromatic heterocycles. The zero-order chi connectivity index (χ0) is 75.9. The Kier molecular flexibility index (Phi) is 106. The number of rotatable bonds is 0. The van der Waals surface area contributed by atoms with Gasteiger partial charge in [0, 0.05) is 36.4 Å². The van der Waals surface area contributed by atoms with Crippen molar-refractivity contribution in [2.45, 2.75) is 369 Å². The first kappa shape index (κ1) is 136. The second-order valence-electron chi connectivity index (χ2n) is 40.6. The van der Waals surface area contributed by atoms with Crippen LogP contribution in [-0.2, 0) is 0 Å². The van der Waals surface area contributed by atoms with Gasteiger partial charge in [0.25, 0.3) is 0 Å². The lowest BCUT2D eigenvalue weighted by Crippen LogP contribution is -1.93. The van der Waals surface area contributed by atoms with Gasteiger partial charge in [0.05, 0.1) is 24.2 Å². The van der Waals surface area contributed by atoms with Gasteiger partial charge in [-0.25, -0.2) is 9.97 Å². The van der Waals surface area contributed by atoms with E-state index < -0.39 is 0 Å². The highest BCUT2D eigenvalue weighted by molar-refractivity contribution is 7.07.